The number of nitrogens with two attached hydrogens (primary N) is 1. The molecule has 96 valence electrons. The maximum Gasteiger partial charge on any atom is 0.211 e. The van der Waals surface area contributed by atoms with Gasteiger partial charge in [-0.3, -0.25) is 0 Å². The molecule has 0 unspecified atom stereocenters. The fourth-order valence-electron chi connectivity index (χ4n) is 1.11. The Kier molecular flexibility index (Phi) is 7.87. The van der Waals surface area contributed by atoms with Crippen LogP contribution in [0.4, 0.5) is 0 Å². The summed E-state index contributed by atoms with van der Waals surface area (Å²) in [5, 5.41) is 0. The Morgan fingerprint density at radius 1 is 1.38 bits per heavy atom. The van der Waals surface area contributed by atoms with E-state index in [4.69, 9.17) is 18.0 Å². The van der Waals surface area contributed by atoms with Crippen LogP contribution in [0.25, 0.3) is 0 Å². The number of hydrogen-bond donors (Lipinski definition) is 2. The van der Waals surface area contributed by atoms with E-state index in [1.54, 1.807) is 0 Å². The van der Waals surface area contributed by atoms with Crippen molar-refractivity contribution in [1.29, 1.82) is 0 Å². The third kappa shape index (κ3) is 10.3. The minimum absolute atomic E-state index is 0.208. The number of rotatable bonds is 9. The molecule has 0 bridgehead atoms. The van der Waals surface area contributed by atoms with E-state index in [-0.39, 0.29) is 5.75 Å². The fourth-order valence-corrected chi connectivity index (χ4v) is 2.64. The Labute approximate surface area is 104 Å². The van der Waals surface area contributed by atoms with Gasteiger partial charge in [-0.05, 0) is 31.6 Å². The number of nitrogens with one attached hydrogen (secondary N) is 1. The van der Waals surface area contributed by atoms with Crippen LogP contribution < -0.4 is 10.5 Å². The van der Waals surface area contributed by atoms with Crippen LogP contribution >= 0.6 is 12.2 Å². The Hall–Kier alpha value is -0.200. The quantitative estimate of drug-likeness (QED) is 0.489. The molecule has 0 aliphatic carbocycles. The molecule has 0 heterocycles. The molecule has 0 aromatic rings. The predicted molar refractivity (Wildman–Crippen MR) is 71.9 cm³/mol. The van der Waals surface area contributed by atoms with Gasteiger partial charge in [-0.2, -0.15) is 0 Å². The van der Waals surface area contributed by atoms with Gasteiger partial charge in [-0.1, -0.05) is 26.1 Å². The summed E-state index contributed by atoms with van der Waals surface area (Å²) in [6.07, 6.45) is 2.99. The van der Waals surface area contributed by atoms with Crippen LogP contribution in [0.1, 0.15) is 39.5 Å². The van der Waals surface area contributed by atoms with Crippen molar-refractivity contribution in [3.8, 4) is 0 Å². The first-order valence-corrected chi connectivity index (χ1v) is 7.65. The Morgan fingerprint density at radius 3 is 2.50 bits per heavy atom. The molecular formula is C10H22N2O2S2. The van der Waals surface area contributed by atoms with Gasteiger partial charge in [0.25, 0.3) is 0 Å². The van der Waals surface area contributed by atoms with E-state index < -0.39 is 10.0 Å². The highest BCUT2D eigenvalue weighted by atomic mass is 32.2. The van der Waals surface area contributed by atoms with E-state index in [1.807, 2.05) is 13.8 Å². The van der Waals surface area contributed by atoms with Crippen LogP contribution in [-0.2, 0) is 10.0 Å². The van der Waals surface area contributed by atoms with Crippen LogP contribution in [0, 0.1) is 5.92 Å². The van der Waals surface area contributed by atoms with Gasteiger partial charge in [0.15, 0.2) is 0 Å². The van der Waals surface area contributed by atoms with Crippen molar-refractivity contribution in [1.82, 2.24) is 4.72 Å². The lowest BCUT2D eigenvalue weighted by Gasteiger charge is -2.07. The SMILES string of the molecule is CC(C)CCS(=O)(=O)NCCCCC(N)=S. The molecule has 6 heteroatoms. The molecular weight excluding hydrogens is 244 g/mol. The van der Waals surface area contributed by atoms with Gasteiger partial charge in [0.2, 0.25) is 10.0 Å². The molecule has 0 amide bonds. The third-order valence-electron chi connectivity index (χ3n) is 2.14. The summed E-state index contributed by atoms with van der Waals surface area (Å²) in [6, 6.07) is 0. The fraction of sp³-hybridized carbons (Fsp3) is 0.900. The summed E-state index contributed by atoms with van der Waals surface area (Å²) in [6.45, 7) is 4.50. The molecule has 0 atom stereocenters. The summed E-state index contributed by atoms with van der Waals surface area (Å²) in [5.41, 5.74) is 5.33. The highest BCUT2D eigenvalue weighted by molar-refractivity contribution is 7.89. The second kappa shape index (κ2) is 7.97. The van der Waals surface area contributed by atoms with Crippen LogP contribution in [0.15, 0.2) is 0 Å². The summed E-state index contributed by atoms with van der Waals surface area (Å²) < 4.78 is 25.5. The van der Waals surface area contributed by atoms with E-state index in [9.17, 15) is 8.42 Å². The average molecular weight is 266 g/mol. The first-order valence-electron chi connectivity index (χ1n) is 5.59. The molecule has 4 nitrogen and oxygen atoms in total. The largest absolute Gasteiger partial charge is 0.393 e. The molecule has 0 rings (SSSR count). The van der Waals surface area contributed by atoms with Gasteiger partial charge in [-0.15, -0.1) is 0 Å². The van der Waals surface area contributed by atoms with E-state index in [1.165, 1.54) is 0 Å². The number of thiocarbonyl (C=S) groups is 1. The van der Waals surface area contributed by atoms with Gasteiger partial charge in [0.1, 0.15) is 0 Å². The second-order valence-corrected chi connectivity index (χ2v) is 6.77. The topological polar surface area (TPSA) is 72.2 Å². The van der Waals surface area contributed by atoms with E-state index in [0.717, 1.165) is 12.8 Å². The Bertz CT molecular complexity index is 300. The third-order valence-corrected chi connectivity index (χ3v) is 3.76. The maximum atomic E-state index is 11.5. The number of hydrogen-bond acceptors (Lipinski definition) is 3. The van der Waals surface area contributed by atoms with E-state index in [0.29, 0.717) is 30.3 Å². The summed E-state index contributed by atoms with van der Waals surface area (Å²) >= 11 is 4.73. The zero-order chi connectivity index (χ0) is 12.6. The van der Waals surface area contributed by atoms with Gasteiger partial charge < -0.3 is 5.73 Å². The first kappa shape index (κ1) is 15.8. The zero-order valence-corrected chi connectivity index (χ0v) is 11.7. The number of sulfonamides is 1. The number of unbranched alkanes of at least 4 members (excludes halogenated alkanes) is 1. The van der Waals surface area contributed by atoms with Gasteiger partial charge in [0, 0.05) is 6.54 Å². The van der Waals surface area contributed by atoms with Crippen molar-refractivity contribution in [2.75, 3.05) is 12.3 Å². The molecule has 0 aliphatic rings. The first-order chi connectivity index (χ1) is 7.33. The van der Waals surface area contributed by atoms with Crippen molar-refractivity contribution < 1.29 is 8.42 Å². The van der Waals surface area contributed by atoms with Gasteiger partial charge in [-0.25, -0.2) is 13.1 Å². The highest BCUT2D eigenvalue weighted by Gasteiger charge is 2.09. The molecule has 0 saturated carbocycles. The minimum Gasteiger partial charge on any atom is -0.393 e. The van der Waals surface area contributed by atoms with Crippen LogP contribution in [0.5, 0.6) is 0 Å². The Balaban J connectivity index is 3.62. The van der Waals surface area contributed by atoms with E-state index >= 15 is 0 Å². The summed E-state index contributed by atoms with van der Waals surface area (Å²) in [7, 11) is -3.09. The lowest BCUT2D eigenvalue weighted by atomic mass is 10.2. The molecule has 0 aromatic heterocycles. The molecule has 0 spiro atoms. The molecule has 0 aromatic carbocycles. The van der Waals surface area contributed by atoms with Crippen molar-refractivity contribution >= 4 is 27.2 Å². The zero-order valence-electron chi connectivity index (χ0n) is 10.0. The smallest absolute Gasteiger partial charge is 0.211 e. The maximum absolute atomic E-state index is 11.5. The van der Waals surface area contributed by atoms with Crippen LogP contribution in [0.3, 0.4) is 0 Å². The monoisotopic (exact) mass is 266 g/mol. The van der Waals surface area contributed by atoms with E-state index in [2.05, 4.69) is 4.72 Å². The molecule has 0 radical (unpaired) electrons. The van der Waals surface area contributed by atoms with Crippen molar-refractivity contribution in [2.45, 2.75) is 39.5 Å². The van der Waals surface area contributed by atoms with Crippen molar-refractivity contribution in [2.24, 2.45) is 11.7 Å². The standard InChI is InChI=1S/C10H22N2O2S2/c1-9(2)6-8-16(13,14)12-7-4-3-5-10(11)15/h9,12H,3-8H2,1-2H3,(H2,11,15). The van der Waals surface area contributed by atoms with Crippen molar-refractivity contribution in [3.63, 3.8) is 0 Å². The average Bonchev–Trinajstić information content (AvgIpc) is 2.14. The molecule has 0 aliphatic heterocycles. The minimum atomic E-state index is -3.09. The summed E-state index contributed by atoms with van der Waals surface area (Å²) in [4.78, 5) is 0.489. The molecule has 3 N–H and O–H groups in total. The lowest BCUT2D eigenvalue weighted by molar-refractivity contribution is 0.559. The molecule has 0 saturated heterocycles. The van der Waals surface area contributed by atoms with Crippen LogP contribution in [0.2, 0.25) is 0 Å². The highest BCUT2D eigenvalue weighted by Crippen LogP contribution is 2.02. The molecule has 16 heavy (non-hydrogen) atoms. The van der Waals surface area contributed by atoms with Gasteiger partial charge >= 0.3 is 0 Å². The lowest BCUT2D eigenvalue weighted by Crippen LogP contribution is -2.28. The summed E-state index contributed by atoms with van der Waals surface area (Å²) in [5.74, 6) is 0.617. The van der Waals surface area contributed by atoms with Crippen LogP contribution in [-0.4, -0.2) is 25.7 Å². The molecule has 0 fully saturated rings. The normalized spacial score (nSPS) is 11.9. The van der Waals surface area contributed by atoms with Crippen molar-refractivity contribution in [3.05, 3.63) is 0 Å². The van der Waals surface area contributed by atoms with Gasteiger partial charge in [0.05, 0.1) is 10.7 Å². The second-order valence-electron chi connectivity index (χ2n) is 4.32. The predicted octanol–water partition coefficient (Wildman–Crippen LogP) is 1.41. The Morgan fingerprint density at radius 2 is 2.00 bits per heavy atom.